The Hall–Kier alpha value is -0.320. The Bertz CT molecular complexity index is 251. The van der Waals surface area contributed by atoms with Crippen LogP contribution in [-0.2, 0) is 4.79 Å². The van der Waals surface area contributed by atoms with Gasteiger partial charge >= 0.3 is 5.97 Å². The van der Waals surface area contributed by atoms with E-state index in [1.54, 1.807) is 0 Å². The van der Waals surface area contributed by atoms with Crippen molar-refractivity contribution in [2.24, 2.45) is 5.92 Å². The van der Waals surface area contributed by atoms with E-state index in [0.717, 1.165) is 38.8 Å². The lowest BCUT2D eigenvalue weighted by Gasteiger charge is -2.37. The zero-order chi connectivity index (χ0) is 13.5. The largest absolute Gasteiger partial charge is 0.481 e. The highest BCUT2D eigenvalue weighted by Gasteiger charge is 2.30. The summed E-state index contributed by atoms with van der Waals surface area (Å²) in [7, 11) is 0. The molecule has 18 heavy (non-hydrogen) atoms. The maximum atomic E-state index is 10.8. The second-order valence-electron chi connectivity index (χ2n) is 5.10. The van der Waals surface area contributed by atoms with Gasteiger partial charge in [-0.3, -0.25) is 4.79 Å². The molecule has 0 saturated heterocycles. The number of aliphatic carboxylic acids is 1. The minimum absolute atomic E-state index is 0.0955. The monoisotopic (exact) mass is 276 g/mol. The summed E-state index contributed by atoms with van der Waals surface area (Å²) in [5, 5.41) is 8.86. The van der Waals surface area contributed by atoms with Crippen LogP contribution in [0.4, 0.5) is 0 Å². The van der Waals surface area contributed by atoms with E-state index in [9.17, 15) is 4.79 Å². The van der Waals surface area contributed by atoms with Crippen molar-refractivity contribution >= 4 is 17.7 Å². The first-order valence-electron chi connectivity index (χ1n) is 6.94. The molecule has 0 heterocycles. The van der Waals surface area contributed by atoms with Crippen molar-refractivity contribution in [3.05, 3.63) is 0 Å². The molecular weight excluding hydrogens is 252 g/mol. The number of carboxylic acid groups (broad SMARTS) is 1. The first-order valence-corrected chi connectivity index (χ1v) is 7.32. The van der Waals surface area contributed by atoms with Crippen LogP contribution in [0.25, 0.3) is 0 Å². The van der Waals surface area contributed by atoms with Gasteiger partial charge in [0.15, 0.2) is 0 Å². The first kappa shape index (κ1) is 15.7. The van der Waals surface area contributed by atoms with Crippen LogP contribution in [0.3, 0.4) is 0 Å². The molecule has 1 aliphatic rings. The lowest BCUT2D eigenvalue weighted by atomic mass is 9.80. The van der Waals surface area contributed by atoms with E-state index in [0.29, 0.717) is 12.0 Å². The highest BCUT2D eigenvalue weighted by Crippen LogP contribution is 2.30. The van der Waals surface area contributed by atoms with E-state index in [4.69, 9.17) is 16.9 Å². The van der Waals surface area contributed by atoms with E-state index in [-0.39, 0.29) is 12.5 Å². The molecule has 0 aromatic rings. The Balaban J connectivity index is 2.44. The van der Waals surface area contributed by atoms with E-state index < -0.39 is 5.97 Å². The number of nitrogens with zero attached hydrogens (tertiary/aromatic N) is 1. The topological polar surface area (TPSA) is 52.6 Å². The predicted molar refractivity (Wildman–Crippen MR) is 73.7 cm³/mol. The summed E-state index contributed by atoms with van der Waals surface area (Å²) in [4.78, 5) is 15.9. The number of nitrogens with one attached hydrogen (secondary N) is 1. The van der Waals surface area contributed by atoms with Crippen LogP contribution in [0.15, 0.2) is 0 Å². The standard InChI is InChI=1S/C13H25ClN2O2/c1-3-16(4-2)11-7-5-10(6-8-11)12(15-14)9-13(17)18/h10-12,15H,3-9H2,1-2H3,(H,17,18). The average molecular weight is 277 g/mol. The summed E-state index contributed by atoms with van der Waals surface area (Å²) in [5.41, 5.74) is 0. The van der Waals surface area contributed by atoms with Crippen LogP contribution in [0.1, 0.15) is 46.0 Å². The Morgan fingerprint density at radius 2 is 1.89 bits per heavy atom. The summed E-state index contributed by atoms with van der Waals surface area (Å²) in [6.45, 7) is 6.59. The molecule has 5 heteroatoms. The Kier molecular flexibility index (Phi) is 6.97. The van der Waals surface area contributed by atoms with E-state index in [2.05, 4.69) is 23.6 Å². The Morgan fingerprint density at radius 1 is 1.33 bits per heavy atom. The molecule has 1 aliphatic carbocycles. The van der Waals surface area contributed by atoms with Gasteiger partial charge in [0.25, 0.3) is 0 Å². The molecule has 1 unspecified atom stereocenters. The molecule has 0 aliphatic heterocycles. The van der Waals surface area contributed by atoms with Gasteiger partial charge in [-0.2, -0.15) is 0 Å². The molecule has 0 radical (unpaired) electrons. The molecule has 2 N–H and O–H groups in total. The summed E-state index contributed by atoms with van der Waals surface area (Å²) in [5.74, 6) is -0.385. The minimum Gasteiger partial charge on any atom is -0.481 e. The van der Waals surface area contributed by atoms with Gasteiger partial charge < -0.3 is 10.0 Å². The third-order valence-corrected chi connectivity index (χ3v) is 4.45. The molecule has 1 rings (SSSR count). The average Bonchev–Trinajstić information content (AvgIpc) is 2.38. The second kappa shape index (κ2) is 7.97. The molecule has 4 nitrogen and oxygen atoms in total. The highest BCUT2D eigenvalue weighted by atomic mass is 35.5. The number of halogens is 1. The number of hydrogen-bond acceptors (Lipinski definition) is 3. The van der Waals surface area contributed by atoms with Gasteiger partial charge in [0.05, 0.1) is 6.42 Å². The molecule has 106 valence electrons. The van der Waals surface area contributed by atoms with Crippen molar-refractivity contribution in [2.45, 2.75) is 58.0 Å². The normalized spacial score (nSPS) is 26.2. The van der Waals surface area contributed by atoms with Crippen LogP contribution < -0.4 is 4.84 Å². The smallest absolute Gasteiger partial charge is 0.304 e. The third kappa shape index (κ3) is 4.41. The molecular formula is C13H25ClN2O2. The number of carboxylic acids is 1. The Morgan fingerprint density at radius 3 is 2.28 bits per heavy atom. The molecule has 0 aromatic heterocycles. The fraction of sp³-hybridized carbons (Fsp3) is 0.923. The van der Waals surface area contributed by atoms with Gasteiger partial charge in [0.1, 0.15) is 0 Å². The number of rotatable bonds is 7. The molecule has 1 saturated carbocycles. The molecule has 0 bridgehead atoms. The lowest BCUT2D eigenvalue weighted by molar-refractivity contribution is -0.137. The zero-order valence-electron chi connectivity index (χ0n) is 11.4. The first-order chi connectivity index (χ1) is 8.62. The third-order valence-electron chi connectivity index (χ3n) is 4.17. The van der Waals surface area contributed by atoms with Crippen LogP contribution in [0.2, 0.25) is 0 Å². The van der Waals surface area contributed by atoms with Crippen molar-refractivity contribution < 1.29 is 9.90 Å². The number of hydrogen-bond donors (Lipinski definition) is 2. The van der Waals surface area contributed by atoms with E-state index in [1.165, 1.54) is 0 Å². The van der Waals surface area contributed by atoms with Crippen LogP contribution in [0.5, 0.6) is 0 Å². The minimum atomic E-state index is -0.779. The van der Waals surface area contributed by atoms with Crippen molar-refractivity contribution in [1.82, 2.24) is 9.74 Å². The zero-order valence-corrected chi connectivity index (χ0v) is 12.1. The van der Waals surface area contributed by atoms with Crippen LogP contribution in [0, 0.1) is 5.92 Å². The molecule has 0 aromatic carbocycles. The van der Waals surface area contributed by atoms with Gasteiger partial charge in [-0.25, -0.2) is 4.84 Å². The number of carbonyl (C=O) groups is 1. The maximum absolute atomic E-state index is 10.8. The summed E-state index contributed by atoms with van der Waals surface area (Å²) in [6, 6.07) is 0.568. The van der Waals surface area contributed by atoms with Gasteiger partial charge in [0, 0.05) is 12.1 Å². The fourth-order valence-corrected chi connectivity index (χ4v) is 3.35. The van der Waals surface area contributed by atoms with Crippen LogP contribution >= 0.6 is 11.8 Å². The summed E-state index contributed by atoms with van der Waals surface area (Å²) in [6.07, 6.45) is 4.56. The summed E-state index contributed by atoms with van der Waals surface area (Å²) >= 11 is 5.67. The van der Waals surface area contributed by atoms with E-state index >= 15 is 0 Å². The van der Waals surface area contributed by atoms with Crippen molar-refractivity contribution in [3.8, 4) is 0 Å². The Labute approximate surface area is 115 Å². The predicted octanol–water partition coefficient (Wildman–Crippen LogP) is 2.47. The van der Waals surface area contributed by atoms with Gasteiger partial charge in [0.2, 0.25) is 0 Å². The summed E-state index contributed by atoms with van der Waals surface area (Å²) < 4.78 is 0. The fourth-order valence-electron chi connectivity index (χ4n) is 3.09. The van der Waals surface area contributed by atoms with Gasteiger partial charge in [-0.1, -0.05) is 13.8 Å². The molecule has 0 spiro atoms. The lowest BCUT2D eigenvalue weighted by Crippen LogP contribution is -2.42. The highest BCUT2D eigenvalue weighted by molar-refractivity contribution is 6.13. The SMILES string of the molecule is CCN(CC)C1CCC(C(CC(=O)O)NCl)CC1. The maximum Gasteiger partial charge on any atom is 0.304 e. The van der Waals surface area contributed by atoms with Crippen molar-refractivity contribution in [2.75, 3.05) is 13.1 Å². The van der Waals surface area contributed by atoms with Gasteiger partial charge in [-0.15, -0.1) is 0 Å². The van der Waals surface area contributed by atoms with Crippen molar-refractivity contribution in [1.29, 1.82) is 0 Å². The van der Waals surface area contributed by atoms with Gasteiger partial charge in [-0.05, 0) is 56.5 Å². The molecule has 1 atom stereocenters. The second-order valence-corrected chi connectivity index (χ2v) is 5.32. The van der Waals surface area contributed by atoms with E-state index in [1.807, 2.05) is 0 Å². The molecule has 0 amide bonds. The molecule has 1 fully saturated rings. The van der Waals surface area contributed by atoms with Crippen molar-refractivity contribution in [3.63, 3.8) is 0 Å². The quantitative estimate of drug-likeness (QED) is 0.702. The van der Waals surface area contributed by atoms with Crippen LogP contribution in [-0.4, -0.2) is 41.1 Å².